The smallest absolute Gasteiger partial charge is 0.231 e. The van der Waals surface area contributed by atoms with Crippen LogP contribution in [0.2, 0.25) is 0 Å². The first-order valence-corrected chi connectivity index (χ1v) is 8.18. The molecule has 7 heteroatoms. The molecule has 0 fully saturated rings. The van der Waals surface area contributed by atoms with Gasteiger partial charge in [-0.3, -0.25) is 4.79 Å². The molecule has 1 amide bonds. The molecule has 2 aromatic carbocycles. The van der Waals surface area contributed by atoms with Crippen molar-refractivity contribution in [2.24, 2.45) is 0 Å². The van der Waals surface area contributed by atoms with Crippen molar-refractivity contribution in [1.29, 1.82) is 0 Å². The summed E-state index contributed by atoms with van der Waals surface area (Å²) < 4.78 is 27.2. The van der Waals surface area contributed by atoms with Crippen LogP contribution in [0.1, 0.15) is 23.5 Å². The predicted octanol–water partition coefficient (Wildman–Crippen LogP) is 2.92. The van der Waals surface area contributed by atoms with Crippen molar-refractivity contribution in [3.05, 3.63) is 35.4 Å². The SMILES string of the molecule is COc1cc([C@H]2CC(=O)Nc3cc4c(cc32)OCO4)cc(OC)c1OC. The molecule has 0 saturated heterocycles. The fourth-order valence-corrected chi connectivity index (χ4v) is 3.45. The first-order valence-electron chi connectivity index (χ1n) is 8.18. The van der Waals surface area contributed by atoms with Crippen LogP contribution in [-0.4, -0.2) is 34.0 Å². The van der Waals surface area contributed by atoms with Crippen molar-refractivity contribution < 1.29 is 28.5 Å². The van der Waals surface area contributed by atoms with Crippen LogP contribution in [0.3, 0.4) is 0 Å². The van der Waals surface area contributed by atoms with E-state index in [0.717, 1.165) is 16.8 Å². The summed E-state index contributed by atoms with van der Waals surface area (Å²) in [6.07, 6.45) is 0.311. The van der Waals surface area contributed by atoms with E-state index in [1.807, 2.05) is 18.2 Å². The van der Waals surface area contributed by atoms with Gasteiger partial charge in [0.15, 0.2) is 23.0 Å². The third-order valence-corrected chi connectivity index (χ3v) is 4.67. The highest BCUT2D eigenvalue weighted by Crippen LogP contribution is 2.47. The van der Waals surface area contributed by atoms with Crippen LogP contribution < -0.4 is 29.0 Å². The molecule has 7 nitrogen and oxygen atoms in total. The summed E-state index contributed by atoms with van der Waals surface area (Å²) in [5.41, 5.74) is 2.59. The first-order chi connectivity index (χ1) is 12.6. The topological polar surface area (TPSA) is 75.3 Å². The van der Waals surface area contributed by atoms with Gasteiger partial charge in [-0.1, -0.05) is 0 Å². The van der Waals surface area contributed by atoms with E-state index in [2.05, 4.69) is 5.32 Å². The first kappa shape index (κ1) is 16.4. The molecule has 0 radical (unpaired) electrons. The number of hydrogen-bond donors (Lipinski definition) is 1. The van der Waals surface area contributed by atoms with Gasteiger partial charge in [0.2, 0.25) is 18.4 Å². The molecule has 2 aliphatic heterocycles. The third-order valence-electron chi connectivity index (χ3n) is 4.67. The lowest BCUT2D eigenvalue weighted by Crippen LogP contribution is -2.23. The Morgan fingerprint density at radius 2 is 1.62 bits per heavy atom. The fourth-order valence-electron chi connectivity index (χ4n) is 3.45. The molecule has 0 saturated carbocycles. The predicted molar refractivity (Wildman–Crippen MR) is 93.8 cm³/mol. The Kier molecular flexibility index (Phi) is 3.99. The Balaban J connectivity index is 1.85. The van der Waals surface area contributed by atoms with Gasteiger partial charge in [0, 0.05) is 24.1 Å². The van der Waals surface area contributed by atoms with E-state index >= 15 is 0 Å². The van der Waals surface area contributed by atoms with Crippen molar-refractivity contribution >= 4 is 11.6 Å². The second kappa shape index (κ2) is 6.33. The highest BCUT2D eigenvalue weighted by atomic mass is 16.7. The lowest BCUT2D eigenvalue weighted by atomic mass is 9.84. The summed E-state index contributed by atoms with van der Waals surface area (Å²) in [5.74, 6) is 2.71. The number of ether oxygens (including phenoxy) is 5. The van der Waals surface area contributed by atoms with Crippen molar-refractivity contribution in [3.8, 4) is 28.7 Å². The van der Waals surface area contributed by atoms with Gasteiger partial charge >= 0.3 is 0 Å². The van der Waals surface area contributed by atoms with Gasteiger partial charge in [-0.05, 0) is 29.3 Å². The van der Waals surface area contributed by atoms with Gasteiger partial charge < -0.3 is 29.0 Å². The molecule has 0 bridgehead atoms. The zero-order valence-corrected chi connectivity index (χ0v) is 14.8. The molecular formula is C19H19NO6. The molecule has 2 aliphatic rings. The molecule has 0 spiro atoms. The standard InChI is InChI=1S/C19H19NO6/c1-22-16-4-10(5-17(23-2)19(16)24-3)11-7-18(21)20-13-8-15-14(6-12(11)13)25-9-26-15/h4-6,8,11H,7,9H2,1-3H3,(H,20,21)/t11-/m1/s1. The van der Waals surface area contributed by atoms with Gasteiger partial charge in [-0.2, -0.15) is 0 Å². The normalized spacial score (nSPS) is 17.3. The number of rotatable bonds is 4. The Bertz CT molecular complexity index is 854. The molecule has 136 valence electrons. The number of fused-ring (bicyclic) bond motifs is 2. The van der Waals surface area contributed by atoms with Gasteiger partial charge in [0.1, 0.15) is 0 Å². The van der Waals surface area contributed by atoms with Crippen LogP contribution in [-0.2, 0) is 4.79 Å². The van der Waals surface area contributed by atoms with Crippen LogP contribution in [0, 0.1) is 0 Å². The summed E-state index contributed by atoms with van der Waals surface area (Å²) in [5, 5.41) is 2.91. The van der Waals surface area contributed by atoms with Crippen LogP contribution in [0.4, 0.5) is 5.69 Å². The summed E-state index contributed by atoms with van der Waals surface area (Å²) in [6, 6.07) is 7.47. The summed E-state index contributed by atoms with van der Waals surface area (Å²) in [6.45, 7) is 0.182. The van der Waals surface area contributed by atoms with Gasteiger partial charge in [0.25, 0.3) is 0 Å². The fraction of sp³-hybridized carbons (Fsp3) is 0.316. The largest absolute Gasteiger partial charge is 0.493 e. The van der Waals surface area contributed by atoms with Crippen molar-refractivity contribution in [3.63, 3.8) is 0 Å². The second-order valence-electron chi connectivity index (χ2n) is 6.06. The monoisotopic (exact) mass is 357 g/mol. The van der Waals surface area contributed by atoms with E-state index in [-0.39, 0.29) is 18.6 Å². The van der Waals surface area contributed by atoms with Gasteiger partial charge in [-0.15, -0.1) is 0 Å². The number of nitrogens with one attached hydrogen (secondary N) is 1. The lowest BCUT2D eigenvalue weighted by molar-refractivity contribution is -0.116. The molecular weight excluding hydrogens is 338 g/mol. The highest BCUT2D eigenvalue weighted by Gasteiger charge is 2.31. The van der Waals surface area contributed by atoms with E-state index in [4.69, 9.17) is 23.7 Å². The Morgan fingerprint density at radius 1 is 0.962 bits per heavy atom. The number of methoxy groups -OCH3 is 3. The molecule has 2 heterocycles. The number of carbonyl (C=O) groups is 1. The molecule has 4 rings (SSSR count). The molecule has 1 atom stereocenters. The van der Waals surface area contributed by atoms with Gasteiger partial charge in [-0.25, -0.2) is 0 Å². The maximum Gasteiger partial charge on any atom is 0.231 e. The minimum Gasteiger partial charge on any atom is -0.493 e. The quantitative estimate of drug-likeness (QED) is 0.907. The summed E-state index contributed by atoms with van der Waals surface area (Å²) in [7, 11) is 4.70. The number of hydrogen-bond acceptors (Lipinski definition) is 6. The minimum absolute atomic E-state index is 0.0601. The molecule has 1 N–H and O–H groups in total. The van der Waals surface area contributed by atoms with E-state index in [1.54, 1.807) is 27.4 Å². The zero-order valence-electron chi connectivity index (χ0n) is 14.8. The average Bonchev–Trinajstić information content (AvgIpc) is 3.11. The number of anilines is 1. The molecule has 0 unspecified atom stereocenters. The van der Waals surface area contributed by atoms with Crippen LogP contribution in [0.25, 0.3) is 0 Å². The van der Waals surface area contributed by atoms with Crippen LogP contribution in [0.5, 0.6) is 28.7 Å². The zero-order chi connectivity index (χ0) is 18.3. The van der Waals surface area contributed by atoms with Gasteiger partial charge in [0.05, 0.1) is 21.3 Å². The number of carbonyl (C=O) groups excluding carboxylic acids is 1. The third kappa shape index (κ3) is 2.56. The second-order valence-corrected chi connectivity index (χ2v) is 6.06. The van der Waals surface area contributed by atoms with E-state index in [9.17, 15) is 4.79 Å². The average molecular weight is 357 g/mol. The van der Waals surface area contributed by atoms with Crippen LogP contribution in [0.15, 0.2) is 24.3 Å². The lowest BCUT2D eigenvalue weighted by Gasteiger charge is -2.27. The van der Waals surface area contributed by atoms with Crippen molar-refractivity contribution in [2.45, 2.75) is 12.3 Å². The molecule has 0 aliphatic carbocycles. The maximum absolute atomic E-state index is 12.3. The number of benzene rings is 2. The summed E-state index contributed by atoms with van der Waals surface area (Å²) in [4.78, 5) is 12.3. The van der Waals surface area contributed by atoms with Crippen molar-refractivity contribution in [1.82, 2.24) is 0 Å². The van der Waals surface area contributed by atoms with Crippen molar-refractivity contribution in [2.75, 3.05) is 33.4 Å². The molecule has 2 aromatic rings. The van der Waals surface area contributed by atoms with E-state index in [0.29, 0.717) is 35.2 Å². The molecule has 26 heavy (non-hydrogen) atoms. The minimum atomic E-state index is -0.165. The van der Waals surface area contributed by atoms with E-state index < -0.39 is 0 Å². The Morgan fingerprint density at radius 3 is 2.23 bits per heavy atom. The number of amides is 1. The Hall–Kier alpha value is -3.09. The molecule has 0 aromatic heterocycles. The summed E-state index contributed by atoms with van der Waals surface area (Å²) >= 11 is 0. The van der Waals surface area contributed by atoms with E-state index in [1.165, 1.54) is 0 Å². The highest BCUT2D eigenvalue weighted by molar-refractivity contribution is 5.96. The Labute approximate surface area is 150 Å². The van der Waals surface area contributed by atoms with Crippen LogP contribution >= 0.6 is 0 Å². The maximum atomic E-state index is 12.3.